The Balaban J connectivity index is 2.07. The minimum absolute atomic E-state index is 0.0316. The monoisotopic (exact) mass is 356 g/mol. The number of carbonyl (C=O) groups is 1. The second-order valence-corrected chi connectivity index (χ2v) is 8.13. The number of benzene rings is 1. The van der Waals surface area contributed by atoms with Crippen LogP contribution >= 0.6 is 0 Å². The number of unbranched alkanes of at least 4 members (excludes halogenated alkanes) is 1. The zero-order valence-corrected chi connectivity index (χ0v) is 14.8. The molecule has 0 saturated carbocycles. The molecular weight excluding hydrogens is 331 g/mol. The molecule has 1 aromatic carbocycles. The molecule has 134 valence electrons. The molecule has 2 rings (SSSR count). The quantitative estimate of drug-likeness (QED) is 0.737. The second kappa shape index (κ2) is 8.58. The maximum atomic E-state index is 13.4. The number of nitrogens with zero attached hydrogens (tertiary/aromatic N) is 1. The van der Waals surface area contributed by atoms with Gasteiger partial charge in [-0.3, -0.25) is 4.79 Å². The summed E-state index contributed by atoms with van der Waals surface area (Å²) in [7, 11) is -3.35. The zero-order chi connectivity index (χ0) is 17.6. The van der Waals surface area contributed by atoms with E-state index in [9.17, 15) is 17.6 Å². The zero-order valence-electron chi connectivity index (χ0n) is 14.0. The predicted molar refractivity (Wildman–Crippen MR) is 91.5 cm³/mol. The van der Waals surface area contributed by atoms with Gasteiger partial charge < -0.3 is 4.90 Å². The molecule has 1 N–H and O–H groups in total. The Morgan fingerprint density at radius 2 is 2.17 bits per heavy atom. The van der Waals surface area contributed by atoms with Gasteiger partial charge in [-0.15, -0.1) is 0 Å². The topological polar surface area (TPSA) is 66.5 Å². The summed E-state index contributed by atoms with van der Waals surface area (Å²) < 4.78 is 40.0. The molecule has 1 aromatic rings. The molecule has 0 radical (unpaired) electrons. The van der Waals surface area contributed by atoms with Crippen molar-refractivity contribution in [3.8, 4) is 0 Å². The van der Waals surface area contributed by atoms with E-state index in [1.54, 1.807) is 17.0 Å². The predicted octanol–water partition coefficient (Wildman–Crippen LogP) is 2.08. The minimum Gasteiger partial charge on any atom is -0.338 e. The molecule has 1 heterocycles. The SMILES string of the molecule is CCCCS(=O)(=O)NCC(Cc1cccc(F)c1)N1CCCC1=O. The number of likely N-dealkylation sites (tertiary alicyclic amines) is 1. The normalized spacial score (nSPS) is 16.6. The van der Waals surface area contributed by atoms with Crippen LogP contribution in [0.2, 0.25) is 0 Å². The number of hydrogen-bond acceptors (Lipinski definition) is 3. The molecule has 1 fully saturated rings. The van der Waals surface area contributed by atoms with Crippen molar-refractivity contribution in [2.24, 2.45) is 0 Å². The van der Waals surface area contributed by atoms with Crippen LogP contribution in [0.3, 0.4) is 0 Å². The maximum Gasteiger partial charge on any atom is 0.222 e. The fourth-order valence-corrected chi connectivity index (χ4v) is 4.17. The van der Waals surface area contributed by atoms with Crippen LogP contribution in [0, 0.1) is 5.82 Å². The highest BCUT2D eigenvalue weighted by molar-refractivity contribution is 7.89. The van der Waals surface area contributed by atoms with Gasteiger partial charge in [0.05, 0.1) is 5.75 Å². The fraction of sp³-hybridized carbons (Fsp3) is 0.588. The van der Waals surface area contributed by atoms with Crippen molar-refractivity contribution >= 4 is 15.9 Å². The molecule has 1 aliphatic rings. The molecule has 0 aliphatic carbocycles. The van der Waals surface area contributed by atoms with Crippen LogP contribution in [-0.2, 0) is 21.2 Å². The third-order valence-corrected chi connectivity index (χ3v) is 5.65. The van der Waals surface area contributed by atoms with Gasteiger partial charge in [-0.05, 0) is 37.0 Å². The van der Waals surface area contributed by atoms with Crippen LogP contribution < -0.4 is 4.72 Å². The summed E-state index contributed by atoms with van der Waals surface area (Å²) in [6, 6.07) is 5.92. The fourth-order valence-electron chi connectivity index (χ4n) is 2.91. The van der Waals surface area contributed by atoms with Gasteiger partial charge in [0.25, 0.3) is 0 Å². The van der Waals surface area contributed by atoms with Gasteiger partial charge in [0.2, 0.25) is 15.9 Å². The Kier molecular flexibility index (Phi) is 6.74. The molecule has 0 spiro atoms. The highest BCUT2D eigenvalue weighted by Gasteiger charge is 2.29. The standard InChI is InChI=1S/C17H25FN2O3S/c1-2-3-10-24(22,23)19-13-16(20-9-5-8-17(20)21)12-14-6-4-7-15(18)11-14/h4,6-7,11,16,19H,2-3,5,8-10,12-13H2,1H3. The van der Waals surface area contributed by atoms with E-state index in [0.29, 0.717) is 25.8 Å². The average molecular weight is 356 g/mol. The number of sulfonamides is 1. The second-order valence-electron chi connectivity index (χ2n) is 6.20. The van der Waals surface area contributed by atoms with E-state index in [1.165, 1.54) is 12.1 Å². The lowest BCUT2D eigenvalue weighted by Gasteiger charge is -2.28. The molecule has 7 heteroatoms. The highest BCUT2D eigenvalue weighted by Crippen LogP contribution is 2.17. The van der Waals surface area contributed by atoms with E-state index in [-0.39, 0.29) is 30.1 Å². The minimum atomic E-state index is -3.35. The maximum absolute atomic E-state index is 13.4. The number of halogens is 1. The van der Waals surface area contributed by atoms with Gasteiger partial charge in [0, 0.05) is 25.6 Å². The van der Waals surface area contributed by atoms with Crippen LogP contribution in [0.15, 0.2) is 24.3 Å². The lowest BCUT2D eigenvalue weighted by Crippen LogP contribution is -2.46. The Labute approximate surface area is 143 Å². The Morgan fingerprint density at radius 3 is 2.79 bits per heavy atom. The summed E-state index contributed by atoms with van der Waals surface area (Å²) >= 11 is 0. The van der Waals surface area contributed by atoms with E-state index in [1.807, 2.05) is 6.92 Å². The first-order valence-corrected chi connectivity index (χ1v) is 10.1. The van der Waals surface area contributed by atoms with Crippen LogP contribution in [0.4, 0.5) is 4.39 Å². The molecule has 0 aromatic heterocycles. The van der Waals surface area contributed by atoms with Crippen molar-refractivity contribution in [2.45, 2.75) is 45.1 Å². The molecule has 0 bridgehead atoms. The molecule has 24 heavy (non-hydrogen) atoms. The Morgan fingerprint density at radius 1 is 1.38 bits per heavy atom. The molecule has 1 aliphatic heterocycles. The van der Waals surface area contributed by atoms with Gasteiger partial charge >= 0.3 is 0 Å². The summed E-state index contributed by atoms with van der Waals surface area (Å²) in [4.78, 5) is 13.8. The van der Waals surface area contributed by atoms with Crippen molar-refractivity contribution in [3.63, 3.8) is 0 Å². The van der Waals surface area contributed by atoms with Gasteiger partial charge in [-0.2, -0.15) is 0 Å². The van der Waals surface area contributed by atoms with Gasteiger partial charge in [0.1, 0.15) is 5.82 Å². The van der Waals surface area contributed by atoms with E-state index in [4.69, 9.17) is 0 Å². The number of amides is 1. The van der Waals surface area contributed by atoms with E-state index >= 15 is 0 Å². The molecular formula is C17H25FN2O3S. The number of rotatable bonds is 9. The van der Waals surface area contributed by atoms with Crippen molar-refractivity contribution in [3.05, 3.63) is 35.6 Å². The van der Waals surface area contributed by atoms with Crippen molar-refractivity contribution in [1.29, 1.82) is 0 Å². The Hall–Kier alpha value is -1.47. The first-order valence-electron chi connectivity index (χ1n) is 8.42. The van der Waals surface area contributed by atoms with Crippen LogP contribution in [0.1, 0.15) is 38.2 Å². The van der Waals surface area contributed by atoms with Gasteiger partial charge in [-0.1, -0.05) is 25.5 Å². The first kappa shape index (κ1) is 18.9. The smallest absolute Gasteiger partial charge is 0.222 e. The van der Waals surface area contributed by atoms with Gasteiger partial charge in [-0.25, -0.2) is 17.5 Å². The van der Waals surface area contributed by atoms with Crippen LogP contribution in [-0.4, -0.2) is 44.1 Å². The Bertz CT molecular complexity index is 664. The lowest BCUT2D eigenvalue weighted by atomic mass is 10.0. The summed E-state index contributed by atoms with van der Waals surface area (Å²) in [5, 5.41) is 0. The summed E-state index contributed by atoms with van der Waals surface area (Å²) in [5.74, 6) is -0.212. The average Bonchev–Trinajstić information content (AvgIpc) is 2.96. The number of carbonyl (C=O) groups excluding carboxylic acids is 1. The lowest BCUT2D eigenvalue weighted by molar-refractivity contribution is -0.129. The van der Waals surface area contributed by atoms with Crippen molar-refractivity contribution in [2.75, 3.05) is 18.8 Å². The third-order valence-electron chi connectivity index (χ3n) is 4.22. The van der Waals surface area contributed by atoms with Crippen molar-refractivity contribution in [1.82, 2.24) is 9.62 Å². The van der Waals surface area contributed by atoms with E-state index in [2.05, 4.69) is 4.72 Å². The largest absolute Gasteiger partial charge is 0.338 e. The third kappa shape index (κ3) is 5.56. The van der Waals surface area contributed by atoms with Gasteiger partial charge in [0.15, 0.2) is 0 Å². The molecule has 5 nitrogen and oxygen atoms in total. The van der Waals surface area contributed by atoms with Crippen LogP contribution in [0.25, 0.3) is 0 Å². The number of nitrogens with one attached hydrogen (secondary N) is 1. The highest BCUT2D eigenvalue weighted by atomic mass is 32.2. The van der Waals surface area contributed by atoms with Crippen LogP contribution in [0.5, 0.6) is 0 Å². The molecule has 1 amide bonds. The molecule has 1 unspecified atom stereocenters. The molecule has 1 atom stereocenters. The first-order chi connectivity index (χ1) is 11.4. The van der Waals surface area contributed by atoms with E-state index in [0.717, 1.165) is 18.4 Å². The van der Waals surface area contributed by atoms with E-state index < -0.39 is 10.0 Å². The summed E-state index contributed by atoms with van der Waals surface area (Å²) in [5.41, 5.74) is 0.757. The summed E-state index contributed by atoms with van der Waals surface area (Å²) in [6.07, 6.45) is 3.11. The van der Waals surface area contributed by atoms with Crippen molar-refractivity contribution < 1.29 is 17.6 Å². The number of hydrogen-bond donors (Lipinski definition) is 1. The molecule has 1 saturated heterocycles. The summed E-state index contributed by atoms with van der Waals surface area (Å²) in [6.45, 7) is 2.72.